The van der Waals surface area contributed by atoms with E-state index in [1.54, 1.807) is 37.4 Å². The second kappa shape index (κ2) is 11.6. The Morgan fingerprint density at radius 1 is 1.14 bits per heavy atom. The number of tetrazole rings is 1. The summed E-state index contributed by atoms with van der Waals surface area (Å²) >= 11 is 2.52. The number of aliphatic carboxylic acids is 1. The van der Waals surface area contributed by atoms with Gasteiger partial charge in [0.25, 0.3) is 11.8 Å². The summed E-state index contributed by atoms with van der Waals surface area (Å²) in [6, 6.07) is 7.66. The first-order valence-corrected chi connectivity index (χ1v) is 14.3. The topological polar surface area (TPSA) is 220 Å². The Labute approximate surface area is 245 Å². The Morgan fingerprint density at radius 2 is 1.83 bits per heavy atom. The predicted octanol–water partition coefficient (Wildman–Crippen LogP) is 0.329. The van der Waals surface area contributed by atoms with Crippen LogP contribution >= 0.6 is 23.5 Å². The molecule has 0 aliphatic carbocycles. The number of nitrogens with one attached hydrogen (secondary N) is 2. The smallest absolute Gasteiger partial charge is 0.352 e. The van der Waals surface area contributed by atoms with Crippen LogP contribution in [0, 0.1) is 0 Å². The number of thioether (sulfide) groups is 2. The highest BCUT2D eigenvalue weighted by Crippen LogP contribution is 2.42. The Balaban J connectivity index is 1.33. The molecule has 3 amide bonds. The molecule has 6 N–H and O–H groups in total. The average molecular weight is 614 g/mol. The molecule has 17 heteroatoms. The summed E-state index contributed by atoms with van der Waals surface area (Å²) in [5.74, 6) is -5.23. The van der Waals surface area contributed by atoms with Gasteiger partial charge in [-0.3, -0.25) is 19.3 Å². The normalized spacial score (nSPS) is 18.6. The number of aromatic nitrogens is 4. The average Bonchev–Trinajstić information content (AvgIpc) is 3.39. The van der Waals surface area contributed by atoms with E-state index < -0.39 is 58.4 Å². The van der Waals surface area contributed by atoms with Gasteiger partial charge in [0.1, 0.15) is 23.2 Å². The van der Waals surface area contributed by atoms with Gasteiger partial charge < -0.3 is 31.1 Å². The third kappa shape index (κ3) is 5.42. The van der Waals surface area contributed by atoms with Crippen molar-refractivity contribution in [2.45, 2.75) is 22.6 Å². The van der Waals surface area contributed by atoms with Crippen molar-refractivity contribution in [3.8, 4) is 17.2 Å². The van der Waals surface area contributed by atoms with Gasteiger partial charge in [-0.05, 0) is 33.7 Å². The Morgan fingerprint density at radius 3 is 2.45 bits per heavy atom. The molecule has 5 rings (SSSR count). The number of carbonyl (C=O) groups is 4. The molecular formula is C25H23N7O8S2. The lowest BCUT2D eigenvalue weighted by Crippen LogP contribution is -2.71. The summed E-state index contributed by atoms with van der Waals surface area (Å²) < 4.78 is 1.44. The van der Waals surface area contributed by atoms with Crippen molar-refractivity contribution in [1.29, 1.82) is 0 Å². The number of fused-ring (bicyclic) bond motifs is 1. The first-order chi connectivity index (χ1) is 20.1. The van der Waals surface area contributed by atoms with Crippen molar-refractivity contribution >= 4 is 47.2 Å². The Kier molecular flexibility index (Phi) is 7.95. The first kappa shape index (κ1) is 28.7. The molecule has 2 aliphatic rings. The van der Waals surface area contributed by atoms with Crippen molar-refractivity contribution in [2.75, 3.05) is 11.5 Å². The van der Waals surface area contributed by atoms with Crippen LogP contribution in [0.15, 0.2) is 58.9 Å². The molecule has 3 heterocycles. The molecule has 3 atom stereocenters. The zero-order chi connectivity index (χ0) is 30.1. The second-order valence-electron chi connectivity index (χ2n) is 9.21. The summed E-state index contributed by atoms with van der Waals surface area (Å²) in [5.41, 5.74) is 0.490. The highest BCUT2D eigenvalue weighted by molar-refractivity contribution is 8.01. The van der Waals surface area contributed by atoms with Crippen LogP contribution in [-0.2, 0) is 21.4 Å². The predicted molar refractivity (Wildman–Crippen MR) is 147 cm³/mol. The van der Waals surface area contributed by atoms with Gasteiger partial charge in [0, 0.05) is 24.1 Å². The maximum Gasteiger partial charge on any atom is 0.352 e. The molecule has 15 nitrogen and oxygen atoms in total. The van der Waals surface area contributed by atoms with E-state index >= 15 is 0 Å². The maximum absolute atomic E-state index is 13.5. The number of aryl methyl sites for hydroxylation is 1. The van der Waals surface area contributed by atoms with E-state index in [2.05, 4.69) is 26.2 Å². The van der Waals surface area contributed by atoms with E-state index in [1.165, 1.54) is 28.2 Å². The number of hydrogen-bond donors (Lipinski definition) is 6. The van der Waals surface area contributed by atoms with Crippen LogP contribution in [0.1, 0.15) is 22.0 Å². The second-order valence-corrected chi connectivity index (χ2v) is 11.3. The molecule has 218 valence electrons. The number of nitrogens with zero attached hydrogens (tertiary/aromatic N) is 5. The molecule has 1 fully saturated rings. The van der Waals surface area contributed by atoms with E-state index in [9.17, 15) is 39.6 Å². The van der Waals surface area contributed by atoms with Gasteiger partial charge in [-0.15, -0.1) is 16.9 Å². The summed E-state index contributed by atoms with van der Waals surface area (Å²) in [4.78, 5) is 52.9. The fraction of sp³-hybridized carbons (Fsp3) is 0.240. The number of benzene rings is 2. The molecule has 42 heavy (non-hydrogen) atoms. The van der Waals surface area contributed by atoms with Crippen molar-refractivity contribution in [1.82, 2.24) is 35.7 Å². The molecular weight excluding hydrogens is 590 g/mol. The number of rotatable bonds is 9. The van der Waals surface area contributed by atoms with Crippen LogP contribution in [0.5, 0.6) is 17.2 Å². The zero-order valence-electron chi connectivity index (χ0n) is 21.7. The highest BCUT2D eigenvalue weighted by atomic mass is 32.2. The number of carboxylic acids is 1. The number of carboxylic acid groups (broad SMARTS) is 1. The van der Waals surface area contributed by atoms with Crippen LogP contribution in [-0.4, -0.2) is 92.1 Å². The SMILES string of the molecule is Cn1nnnc1SCC1=C(C(=O)O)N2C(=O)C(NC(=O)C(NC(=O)c3cc(O)c(O)c(O)c3)c3ccccc3)[C@H]2SC1. The monoisotopic (exact) mass is 613 g/mol. The third-order valence-electron chi connectivity index (χ3n) is 6.51. The van der Waals surface area contributed by atoms with Crippen molar-refractivity contribution in [3.05, 3.63) is 64.9 Å². The number of hydrogen-bond acceptors (Lipinski definition) is 12. The number of phenols is 3. The fourth-order valence-corrected chi connectivity index (χ4v) is 6.76. The van der Waals surface area contributed by atoms with Gasteiger partial charge in [0.15, 0.2) is 17.2 Å². The quantitative estimate of drug-likeness (QED) is 0.109. The molecule has 0 spiro atoms. The summed E-state index contributed by atoms with van der Waals surface area (Å²) in [7, 11) is 1.65. The lowest BCUT2D eigenvalue weighted by molar-refractivity contribution is -0.151. The van der Waals surface area contributed by atoms with Gasteiger partial charge in [0.2, 0.25) is 11.1 Å². The Bertz CT molecular complexity index is 1590. The van der Waals surface area contributed by atoms with E-state index in [4.69, 9.17) is 0 Å². The summed E-state index contributed by atoms with van der Waals surface area (Å²) in [5, 5.41) is 55.2. The van der Waals surface area contributed by atoms with Crippen molar-refractivity contribution in [3.63, 3.8) is 0 Å². The number of β-lactam (4-membered cyclic amide) rings is 1. The molecule has 0 saturated carbocycles. The zero-order valence-corrected chi connectivity index (χ0v) is 23.3. The lowest BCUT2D eigenvalue weighted by Gasteiger charge is -2.49. The van der Waals surface area contributed by atoms with E-state index in [-0.39, 0.29) is 22.8 Å². The van der Waals surface area contributed by atoms with Gasteiger partial charge >= 0.3 is 5.97 Å². The van der Waals surface area contributed by atoms with Gasteiger partial charge in [-0.1, -0.05) is 42.1 Å². The molecule has 2 aliphatic heterocycles. The number of aromatic hydroxyl groups is 3. The minimum Gasteiger partial charge on any atom is -0.504 e. The number of amides is 3. The Hall–Kier alpha value is -4.77. The van der Waals surface area contributed by atoms with E-state index in [0.29, 0.717) is 16.3 Å². The van der Waals surface area contributed by atoms with Gasteiger partial charge in [-0.2, -0.15) is 0 Å². The molecule has 0 radical (unpaired) electrons. The molecule has 2 unspecified atom stereocenters. The lowest BCUT2D eigenvalue weighted by atomic mass is 10.0. The van der Waals surface area contributed by atoms with Crippen LogP contribution in [0.25, 0.3) is 0 Å². The maximum atomic E-state index is 13.5. The fourth-order valence-electron chi connectivity index (χ4n) is 4.42. The van der Waals surface area contributed by atoms with E-state index in [0.717, 1.165) is 17.0 Å². The molecule has 2 aromatic carbocycles. The van der Waals surface area contributed by atoms with E-state index in [1.807, 2.05) is 0 Å². The van der Waals surface area contributed by atoms with Gasteiger partial charge in [0.05, 0.1) is 0 Å². The highest BCUT2D eigenvalue weighted by Gasteiger charge is 2.54. The molecule has 1 saturated heterocycles. The minimum absolute atomic E-state index is 0.156. The van der Waals surface area contributed by atoms with Crippen LogP contribution in [0.4, 0.5) is 0 Å². The largest absolute Gasteiger partial charge is 0.504 e. The summed E-state index contributed by atoms with van der Waals surface area (Å²) in [6.07, 6.45) is 0. The van der Waals surface area contributed by atoms with Crippen molar-refractivity contribution in [2.24, 2.45) is 7.05 Å². The first-order valence-electron chi connectivity index (χ1n) is 12.2. The summed E-state index contributed by atoms with van der Waals surface area (Å²) in [6.45, 7) is 0. The molecule has 3 aromatic rings. The number of carbonyl (C=O) groups excluding carboxylic acids is 3. The van der Waals surface area contributed by atoms with Crippen LogP contribution in [0.2, 0.25) is 0 Å². The number of phenolic OH excluding ortho intramolecular Hbond substituents is 3. The third-order valence-corrected chi connectivity index (χ3v) is 8.94. The van der Waals surface area contributed by atoms with Crippen molar-refractivity contribution < 1.29 is 39.6 Å². The van der Waals surface area contributed by atoms with Crippen LogP contribution < -0.4 is 10.6 Å². The minimum atomic E-state index is -1.30. The van der Waals surface area contributed by atoms with Gasteiger partial charge in [-0.25, -0.2) is 9.48 Å². The van der Waals surface area contributed by atoms with Crippen LogP contribution in [0.3, 0.4) is 0 Å². The standard InChI is InChI=1S/C25H23N7O8S2/c1-31-25(28-29-30-31)42-10-13-9-41-23-17(22(38)32(23)18(13)24(39)40)27-21(37)16(11-5-3-2-4-6-11)26-20(36)12-7-14(33)19(35)15(34)8-12/h2-8,16-17,23,33-35H,9-10H2,1H3,(H,26,36)(H,27,37)(H,39,40)/t16?,17?,23-/m1/s1. The molecule has 0 bridgehead atoms. The molecule has 1 aromatic heterocycles.